The van der Waals surface area contributed by atoms with Crippen LogP contribution in [0.15, 0.2) is 47.5 Å². The van der Waals surface area contributed by atoms with Crippen LogP contribution >= 0.6 is 15.9 Å². The summed E-state index contributed by atoms with van der Waals surface area (Å²) in [6, 6.07) is 8.14. The smallest absolute Gasteiger partial charge is 0.147 e. The fourth-order valence-corrected chi connectivity index (χ4v) is 2.33. The molecule has 3 aromatic rings. The van der Waals surface area contributed by atoms with Gasteiger partial charge in [0, 0.05) is 28.9 Å². The van der Waals surface area contributed by atoms with Gasteiger partial charge in [0.1, 0.15) is 12.0 Å². The van der Waals surface area contributed by atoms with E-state index >= 15 is 0 Å². The van der Waals surface area contributed by atoms with E-state index in [9.17, 15) is 0 Å². The van der Waals surface area contributed by atoms with E-state index in [4.69, 9.17) is 5.73 Å². The van der Waals surface area contributed by atoms with Crippen LogP contribution in [0.3, 0.4) is 0 Å². The molecule has 0 spiro atoms. The lowest BCUT2D eigenvalue weighted by Crippen LogP contribution is -2.02. The topological polar surface area (TPSA) is 56.2 Å². The highest BCUT2D eigenvalue weighted by molar-refractivity contribution is 9.10. The predicted molar refractivity (Wildman–Crippen MR) is 78.9 cm³/mol. The fraction of sp³-hybridized carbons (Fsp3) is 0.143. The first-order valence-corrected chi connectivity index (χ1v) is 6.85. The number of aromatic nitrogens is 3. The summed E-state index contributed by atoms with van der Waals surface area (Å²) < 4.78 is 3.01. The van der Waals surface area contributed by atoms with Crippen LogP contribution in [0.1, 0.15) is 5.69 Å². The Morgan fingerprint density at radius 1 is 1.21 bits per heavy atom. The molecule has 0 saturated carbocycles. The number of halogens is 1. The maximum atomic E-state index is 5.58. The molecule has 2 heterocycles. The van der Waals surface area contributed by atoms with Crippen molar-refractivity contribution in [2.24, 2.45) is 5.73 Å². The summed E-state index contributed by atoms with van der Waals surface area (Å²) in [4.78, 5) is 8.90. The lowest BCUT2D eigenvalue weighted by Gasteiger charge is -2.03. The molecule has 0 aliphatic carbocycles. The van der Waals surface area contributed by atoms with Crippen LogP contribution in [0.4, 0.5) is 0 Å². The highest BCUT2D eigenvalue weighted by Gasteiger charge is 2.08. The summed E-state index contributed by atoms with van der Waals surface area (Å²) in [6.45, 7) is 0.602. The Kier molecular flexibility index (Phi) is 3.31. The maximum Gasteiger partial charge on any atom is 0.147 e. The minimum atomic E-state index is 0.602. The molecule has 96 valence electrons. The number of benzene rings is 1. The van der Waals surface area contributed by atoms with Crippen molar-refractivity contribution in [1.29, 1.82) is 0 Å². The van der Waals surface area contributed by atoms with Crippen molar-refractivity contribution in [3.8, 4) is 11.1 Å². The van der Waals surface area contributed by atoms with Crippen LogP contribution in [-0.4, -0.2) is 20.9 Å². The first-order valence-electron chi connectivity index (χ1n) is 6.05. The molecule has 2 N–H and O–H groups in total. The van der Waals surface area contributed by atoms with Gasteiger partial charge < -0.3 is 5.73 Å². The van der Waals surface area contributed by atoms with E-state index < -0.39 is 0 Å². The second-order valence-electron chi connectivity index (χ2n) is 4.32. The summed E-state index contributed by atoms with van der Waals surface area (Å²) >= 11 is 3.44. The summed E-state index contributed by atoms with van der Waals surface area (Å²) in [6.07, 6.45) is 6.38. The Labute approximate surface area is 119 Å². The van der Waals surface area contributed by atoms with Crippen molar-refractivity contribution in [1.82, 2.24) is 14.4 Å². The molecule has 0 aliphatic heterocycles. The third kappa shape index (κ3) is 2.39. The van der Waals surface area contributed by atoms with Crippen LogP contribution in [0, 0.1) is 0 Å². The van der Waals surface area contributed by atoms with E-state index in [2.05, 4.69) is 38.0 Å². The first kappa shape index (κ1) is 12.3. The van der Waals surface area contributed by atoms with Gasteiger partial charge in [0.2, 0.25) is 0 Å². The van der Waals surface area contributed by atoms with Crippen molar-refractivity contribution in [2.75, 3.05) is 6.54 Å². The Balaban J connectivity index is 2.15. The highest BCUT2D eigenvalue weighted by atomic mass is 79.9. The minimum Gasteiger partial charge on any atom is -0.330 e. The molecule has 2 aromatic heterocycles. The van der Waals surface area contributed by atoms with Crippen molar-refractivity contribution in [2.45, 2.75) is 6.42 Å². The summed E-state index contributed by atoms with van der Waals surface area (Å²) in [5, 5.41) is 0. The quantitative estimate of drug-likeness (QED) is 0.808. The lowest BCUT2D eigenvalue weighted by atomic mass is 10.1. The summed E-state index contributed by atoms with van der Waals surface area (Å²) in [5.74, 6) is 0. The molecule has 0 unspecified atom stereocenters. The number of rotatable bonds is 3. The van der Waals surface area contributed by atoms with Gasteiger partial charge in [0.15, 0.2) is 0 Å². The normalized spacial score (nSPS) is 11.1. The third-order valence-electron chi connectivity index (χ3n) is 2.97. The molecule has 0 atom stereocenters. The zero-order chi connectivity index (χ0) is 13.2. The summed E-state index contributed by atoms with van der Waals surface area (Å²) in [5.41, 5.74) is 9.62. The van der Waals surface area contributed by atoms with Gasteiger partial charge in [0.05, 0.1) is 5.69 Å². The second kappa shape index (κ2) is 5.11. The number of hydrogen-bond donors (Lipinski definition) is 1. The molecule has 5 heteroatoms. The maximum absolute atomic E-state index is 5.58. The molecular weight excluding hydrogens is 304 g/mol. The average molecular weight is 317 g/mol. The Hall–Kier alpha value is -1.72. The molecule has 0 fully saturated rings. The van der Waals surface area contributed by atoms with Gasteiger partial charge in [-0.2, -0.15) is 0 Å². The molecule has 0 aliphatic rings. The molecule has 3 rings (SSSR count). The van der Waals surface area contributed by atoms with Gasteiger partial charge >= 0.3 is 0 Å². The van der Waals surface area contributed by atoms with Crippen LogP contribution in [-0.2, 0) is 6.42 Å². The minimum absolute atomic E-state index is 0.602. The van der Waals surface area contributed by atoms with E-state index in [0.29, 0.717) is 6.54 Å². The van der Waals surface area contributed by atoms with E-state index in [1.165, 1.54) is 0 Å². The standard InChI is InChI=1S/C14H13BrN4/c15-11-3-1-10(2-4-11)13-7-17-9-19-8-12(5-6-16)18-14(13)19/h1-4,7-9H,5-6,16H2. The Morgan fingerprint density at radius 2 is 2.00 bits per heavy atom. The molecule has 0 bridgehead atoms. The second-order valence-corrected chi connectivity index (χ2v) is 5.23. The Morgan fingerprint density at radius 3 is 2.74 bits per heavy atom. The van der Waals surface area contributed by atoms with Gasteiger partial charge in [-0.3, -0.25) is 4.40 Å². The molecule has 4 nitrogen and oxygen atoms in total. The van der Waals surface area contributed by atoms with Crippen molar-refractivity contribution in [3.63, 3.8) is 0 Å². The zero-order valence-corrected chi connectivity index (χ0v) is 11.8. The molecule has 0 saturated heterocycles. The van der Waals surface area contributed by atoms with E-state index in [1.54, 1.807) is 6.33 Å². The molecule has 1 aromatic carbocycles. The van der Waals surface area contributed by atoms with E-state index in [1.807, 2.05) is 28.9 Å². The van der Waals surface area contributed by atoms with Crippen LogP contribution < -0.4 is 5.73 Å². The average Bonchev–Trinajstić information content (AvgIpc) is 2.82. The fourth-order valence-electron chi connectivity index (χ4n) is 2.07. The van der Waals surface area contributed by atoms with E-state index in [-0.39, 0.29) is 0 Å². The Bertz CT molecular complexity index is 703. The number of nitrogens with two attached hydrogens (primary N) is 1. The van der Waals surface area contributed by atoms with Gasteiger partial charge in [-0.05, 0) is 24.2 Å². The van der Waals surface area contributed by atoms with Crippen molar-refractivity contribution < 1.29 is 0 Å². The van der Waals surface area contributed by atoms with Crippen LogP contribution in [0.5, 0.6) is 0 Å². The first-order chi connectivity index (χ1) is 9.28. The predicted octanol–water partition coefficient (Wildman–Crippen LogP) is 2.66. The SMILES string of the molecule is NCCc1cn2cncc(-c3ccc(Br)cc3)c2n1. The number of hydrogen-bond acceptors (Lipinski definition) is 3. The van der Waals surface area contributed by atoms with Crippen molar-refractivity contribution in [3.05, 3.63) is 53.2 Å². The van der Waals surface area contributed by atoms with Crippen LogP contribution in [0.2, 0.25) is 0 Å². The molecule has 19 heavy (non-hydrogen) atoms. The largest absolute Gasteiger partial charge is 0.330 e. The van der Waals surface area contributed by atoms with E-state index in [0.717, 1.165) is 33.4 Å². The third-order valence-corrected chi connectivity index (χ3v) is 3.50. The zero-order valence-electron chi connectivity index (χ0n) is 10.3. The molecule has 0 radical (unpaired) electrons. The number of nitrogens with zero attached hydrogens (tertiary/aromatic N) is 3. The van der Waals surface area contributed by atoms with Gasteiger partial charge in [-0.15, -0.1) is 0 Å². The van der Waals surface area contributed by atoms with Gasteiger partial charge in [0.25, 0.3) is 0 Å². The number of imidazole rings is 1. The number of fused-ring (bicyclic) bond motifs is 1. The monoisotopic (exact) mass is 316 g/mol. The lowest BCUT2D eigenvalue weighted by molar-refractivity contribution is 0.936. The van der Waals surface area contributed by atoms with Gasteiger partial charge in [-0.1, -0.05) is 28.1 Å². The molecule has 0 amide bonds. The highest BCUT2D eigenvalue weighted by Crippen LogP contribution is 2.24. The molecular formula is C14H13BrN4. The van der Waals surface area contributed by atoms with Crippen LogP contribution in [0.25, 0.3) is 16.8 Å². The van der Waals surface area contributed by atoms with Crippen molar-refractivity contribution >= 4 is 21.6 Å². The summed E-state index contributed by atoms with van der Waals surface area (Å²) in [7, 11) is 0. The van der Waals surface area contributed by atoms with Gasteiger partial charge in [-0.25, -0.2) is 9.97 Å².